The van der Waals surface area contributed by atoms with Crippen LogP contribution in [0.25, 0.3) is 0 Å². The van der Waals surface area contributed by atoms with Gasteiger partial charge in [-0.15, -0.1) is 11.3 Å². The average molecular weight is 241 g/mol. The lowest BCUT2D eigenvalue weighted by Gasteiger charge is -2.18. The van der Waals surface area contributed by atoms with Crippen molar-refractivity contribution in [2.24, 2.45) is 0 Å². The molecule has 1 aromatic rings. The normalized spacial score (nSPS) is 12.9. The van der Waals surface area contributed by atoms with Crippen molar-refractivity contribution < 1.29 is 4.74 Å². The van der Waals surface area contributed by atoms with Gasteiger partial charge < -0.3 is 10.1 Å². The maximum atomic E-state index is 5.45. The van der Waals surface area contributed by atoms with Gasteiger partial charge in [-0.3, -0.25) is 0 Å². The molecule has 0 radical (unpaired) electrons. The van der Waals surface area contributed by atoms with Crippen LogP contribution in [0.1, 0.15) is 43.2 Å². The summed E-state index contributed by atoms with van der Waals surface area (Å²) in [7, 11) is 0. The molecule has 16 heavy (non-hydrogen) atoms. The summed E-state index contributed by atoms with van der Waals surface area (Å²) >= 11 is 1.82. The van der Waals surface area contributed by atoms with Crippen molar-refractivity contribution in [3.8, 4) is 0 Å². The second-order valence-electron chi connectivity index (χ2n) is 3.92. The largest absolute Gasteiger partial charge is 0.382 e. The summed E-state index contributed by atoms with van der Waals surface area (Å²) in [6.45, 7) is 9.17. The molecule has 0 bridgehead atoms. The molecule has 0 saturated carbocycles. The average Bonchev–Trinajstić information content (AvgIpc) is 2.70. The Bertz CT molecular complexity index is 285. The number of rotatable bonds is 8. The topological polar surface area (TPSA) is 21.3 Å². The summed E-state index contributed by atoms with van der Waals surface area (Å²) in [5, 5.41) is 5.77. The van der Waals surface area contributed by atoms with E-state index in [4.69, 9.17) is 4.74 Å². The molecule has 1 unspecified atom stereocenters. The zero-order valence-corrected chi connectivity index (χ0v) is 11.4. The van der Waals surface area contributed by atoms with Gasteiger partial charge in [0, 0.05) is 24.1 Å². The minimum Gasteiger partial charge on any atom is -0.382 e. The van der Waals surface area contributed by atoms with Crippen LogP contribution in [0.15, 0.2) is 11.4 Å². The van der Waals surface area contributed by atoms with E-state index in [1.165, 1.54) is 16.9 Å². The molecule has 0 spiro atoms. The first kappa shape index (κ1) is 13.7. The highest BCUT2D eigenvalue weighted by Crippen LogP contribution is 2.25. The van der Waals surface area contributed by atoms with E-state index >= 15 is 0 Å². The number of nitrogens with one attached hydrogen (secondary N) is 1. The second-order valence-corrected chi connectivity index (χ2v) is 5.04. The third-order valence-corrected chi connectivity index (χ3v) is 3.53. The molecule has 0 amide bonds. The lowest BCUT2D eigenvalue weighted by molar-refractivity contribution is 0.136. The number of hydrogen-bond donors (Lipinski definition) is 1. The van der Waals surface area contributed by atoms with E-state index in [0.29, 0.717) is 6.04 Å². The lowest BCUT2D eigenvalue weighted by Crippen LogP contribution is -2.23. The minimum atomic E-state index is 0.456. The van der Waals surface area contributed by atoms with Gasteiger partial charge in [-0.25, -0.2) is 0 Å². The molecule has 0 aromatic carbocycles. The van der Waals surface area contributed by atoms with Crippen LogP contribution in [0.3, 0.4) is 0 Å². The van der Waals surface area contributed by atoms with Crippen LogP contribution in [0.4, 0.5) is 0 Å². The minimum absolute atomic E-state index is 0.456. The molecular weight excluding hydrogens is 218 g/mol. The van der Waals surface area contributed by atoms with Crippen LogP contribution in [0.5, 0.6) is 0 Å². The van der Waals surface area contributed by atoms with Crippen molar-refractivity contribution in [3.63, 3.8) is 0 Å². The predicted molar refractivity (Wildman–Crippen MR) is 71.2 cm³/mol. The molecule has 0 aliphatic heterocycles. The molecule has 1 aromatic heterocycles. The highest BCUT2D eigenvalue weighted by molar-refractivity contribution is 7.10. The van der Waals surface area contributed by atoms with Crippen molar-refractivity contribution in [3.05, 3.63) is 21.9 Å². The van der Waals surface area contributed by atoms with Crippen molar-refractivity contribution in [2.75, 3.05) is 19.8 Å². The van der Waals surface area contributed by atoms with Crippen LogP contribution < -0.4 is 5.32 Å². The van der Waals surface area contributed by atoms with Gasteiger partial charge in [-0.1, -0.05) is 6.92 Å². The molecule has 1 rings (SSSR count). The van der Waals surface area contributed by atoms with E-state index in [-0.39, 0.29) is 0 Å². The monoisotopic (exact) mass is 241 g/mol. The van der Waals surface area contributed by atoms with Gasteiger partial charge in [-0.05, 0) is 50.2 Å². The molecule has 0 fully saturated rings. The Morgan fingerprint density at radius 1 is 1.44 bits per heavy atom. The zero-order chi connectivity index (χ0) is 11.8. The summed E-state index contributed by atoms with van der Waals surface area (Å²) in [5.74, 6) is 0. The fraction of sp³-hybridized carbons (Fsp3) is 0.692. The summed E-state index contributed by atoms with van der Waals surface area (Å²) < 4.78 is 5.45. The Balaban J connectivity index is 2.53. The van der Waals surface area contributed by atoms with Crippen LogP contribution in [-0.2, 0) is 4.74 Å². The Hall–Kier alpha value is -0.380. The van der Waals surface area contributed by atoms with Crippen LogP contribution in [-0.4, -0.2) is 19.8 Å². The third-order valence-electron chi connectivity index (χ3n) is 2.67. The zero-order valence-electron chi connectivity index (χ0n) is 10.6. The number of ether oxygens (including phenoxy) is 1. The molecule has 0 aliphatic carbocycles. The Kier molecular flexibility index (Phi) is 6.69. The molecule has 1 heterocycles. The lowest BCUT2D eigenvalue weighted by atomic mass is 10.1. The quantitative estimate of drug-likeness (QED) is 0.703. The molecule has 2 nitrogen and oxygen atoms in total. The first-order valence-corrected chi connectivity index (χ1v) is 7.02. The molecular formula is C13H23NOS. The van der Waals surface area contributed by atoms with Gasteiger partial charge in [0.25, 0.3) is 0 Å². The number of hydrogen-bond acceptors (Lipinski definition) is 3. The third kappa shape index (κ3) is 4.24. The highest BCUT2D eigenvalue weighted by atomic mass is 32.1. The van der Waals surface area contributed by atoms with E-state index in [9.17, 15) is 0 Å². The fourth-order valence-electron chi connectivity index (χ4n) is 1.79. The van der Waals surface area contributed by atoms with Crippen molar-refractivity contribution >= 4 is 11.3 Å². The Labute approximate surface area is 103 Å². The van der Waals surface area contributed by atoms with Crippen LogP contribution in [0, 0.1) is 6.92 Å². The maximum Gasteiger partial charge on any atom is 0.0484 e. The summed E-state index contributed by atoms with van der Waals surface area (Å²) in [6.07, 6.45) is 2.24. The number of aryl methyl sites for hydroxylation is 1. The Morgan fingerprint density at radius 3 is 2.81 bits per heavy atom. The van der Waals surface area contributed by atoms with Crippen LogP contribution >= 0.6 is 11.3 Å². The van der Waals surface area contributed by atoms with E-state index in [2.05, 4.69) is 30.6 Å². The first-order chi connectivity index (χ1) is 7.79. The highest BCUT2D eigenvalue weighted by Gasteiger charge is 2.13. The molecule has 0 aliphatic rings. The Morgan fingerprint density at radius 2 is 2.25 bits per heavy atom. The van der Waals surface area contributed by atoms with Crippen molar-refractivity contribution in [1.82, 2.24) is 5.32 Å². The maximum absolute atomic E-state index is 5.45. The van der Waals surface area contributed by atoms with E-state index in [1.54, 1.807) is 0 Å². The molecule has 92 valence electrons. The molecule has 1 atom stereocenters. The van der Waals surface area contributed by atoms with Crippen LogP contribution in [0.2, 0.25) is 0 Å². The smallest absolute Gasteiger partial charge is 0.0484 e. The number of thiophene rings is 1. The summed E-state index contributed by atoms with van der Waals surface area (Å²) in [5.41, 5.74) is 1.44. The van der Waals surface area contributed by atoms with Crippen molar-refractivity contribution in [1.29, 1.82) is 0 Å². The molecule has 1 N–H and O–H groups in total. The van der Waals surface area contributed by atoms with E-state index in [0.717, 1.165) is 26.2 Å². The van der Waals surface area contributed by atoms with E-state index in [1.807, 2.05) is 18.3 Å². The summed E-state index contributed by atoms with van der Waals surface area (Å²) in [4.78, 5) is 1.42. The predicted octanol–water partition coefficient (Wildman–Crippen LogP) is 3.52. The van der Waals surface area contributed by atoms with Gasteiger partial charge in [-0.2, -0.15) is 0 Å². The first-order valence-electron chi connectivity index (χ1n) is 6.14. The van der Waals surface area contributed by atoms with Gasteiger partial charge >= 0.3 is 0 Å². The molecule has 3 heteroatoms. The SMILES string of the molecule is CCCNC(CCOCC)c1ccsc1C. The fourth-order valence-corrected chi connectivity index (χ4v) is 2.55. The molecule has 0 saturated heterocycles. The van der Waals surface area contributed by atoms with Gasteiger partial charge in [0.15, 0.2) is 0 Å². The second kappa shape index (κ2) is 7.82. The van der Waals surface area contributed by atoms with Crippen molar-refractivity contribution in [2.45, 2.75) is 39.7 Å². The van der Waals surface area contributed by atoms with Gasteiger partial charge in [0.2, 0.25) is 0 Å². The summed E-state index contributed by atoms with van der Waals surface area (Å²) in [6, 6.07) is 2.69. The van der Waals surface area contributed by atoms with Gasteiger partial charge in [0.1, 0.15) is 0 Å². The standard InChI is InChI=1S/C13H23NOS/c1-4-8-14-13(6-9-15-5-2)12-7-10-16-11(12)3/h7,10,13-14H,4-6,8-9H2,1-3H3. The van der Waals surface area contributed by atoms with E-state index < -0.39 is 0 Å². The van der Waals surface area contributed by atoms with Gasteiger partial charge in [0.05, 0.1) is 0 Å².